The fourth-order valence-electron chi connectivity index (χ4n) is 3.54. The number of aryl methyl sites for hydroxylation is 1. The number of carbonyl (C=O) groups excluding carboxylic acids is 3. The number of halogens is 2. The molecular weight excluding hydrogens is 449 g/mol. The maximum Gasteiger partial charge on any atom is 0.253 e. The fourth-order valence-corrected chi connectivity index (χ4v) is 3.84. The first-order valence-electron chi connectivity index (χ1n) is 10.6. The Balaban J connectivity index is 1.68. The topological polar surface area (TPSA) is 78.5 Å². The van der Waals surface area contributed by atoms with Crippen LogP contribution in [-0.2, 0) is 9.59 Å². The lowest BCUT2D eigenvalue weighted by Crippen LogP contribution is -2.43. The molecule has 1 heterocycles. The number of benzene rings is 2. The second-order valence-corrected chi connectivity index (χ2v) is 9.20. The van der Waals surface area contributed by atoms with Gasteiger partial charge in [-0.25, -0.2) is 0 Å². The Morgan fingerprint density at radius 1 is 1.03 bits per heavy atom. The molecule has 1 aliphatic heterocycles. The molecule has 32 heavy (non-hydrogen) atoms. The van der Waals surface area contributed by atoms with Crippen LogP contribution >= 0.6 is 23.2 Å². The van der Waals surface area contributed by atoms with E-state index in [9.17, 15) is 14.4 Å². The molecule has 1 atom stereocenters. The van der Waals surface area contributed by atoms with Crippen LogP contribution in [0.1, 0.15) is 42.6 Å². The molecule has 3 amide bonds. The molecule has 170 valence electrons. The van der Waals surface area contributed by atoms with Gasteiger partial charge in [-0.2, -0.15) is 0 Å². The summed E-state index contributed by atoms with van der Waals surface area (Å²) in [4.78, 5) is 39.6. The molecule has 1 aliphatic rings. The van der Waals surface area contributed by atoms with Crippen molar-refractivity contribution in [3.63, 3.8) is 0 Å². The van der Waals surface area contributed by atoms with E-state index in [4.69, 9.17) is 23.2 Å². The average molecular weight is 476 g/mol. The lowest BCUT2D eigenvalue weighted by molar-refractivity contribution is -0.121. The van der Waals surface area contributed by atoms with Gasteiger partial charge in [0.1, 0.15) is 0 Å². The van der Waals surface area contributed by atoms with Gasteiger partial charge in [-0.1, -0.05) is 43.1 Å². The number of nitrogens with one attached hydrogen (secondary N) is 2. The van der Waals surface area contributed by atoms with Gasteiger partial charge in [0, 0.05) is 35.9 Å². The van der Waals surface area contributed by atoms with E-state index in [0.717, 1.165) is 12.0 Å². The molecule has 1 saturated heterocycles. The summed E-state index contributed by atoms with van der Waals surface area (Å²) in [6.07, 6.45) is 1.43. The maximum atomic E-state index is 13.0. The van der Waals surface area contributed by atoms with Crippen LogP contribution in [0, 0.1) is 18.8 Å². The second-order valence-electron chi connectivity index (χ2n) is 8.38. The Labute approximate surface area is 198 Å². The third-order valence-corrected chi connectivity index (χ3v) is 6.27. The van der Waals surface area contributed by atoms with Crippen LogP contribution in [0.3, 0.4) is 0 Å². The van der Waals surface area contributed by atoms with E-state index in [2.05, 4.69) is 10.6 Å². The summed E-state index contributed by atoms with van der Waals surface area (Å²) in [6, 6.07) is 10.2. The molecule has 1 unspecified atom stereocenters. The molecule has 2 aromatic carbocycles. The molecule has 1 fully saturated rings. The highest BCUT2D eigenvalue weighted by atomic mass is 35.5. The number of rotatable bonds is 5. The standard InChI is InChI=1S/C24H27Cl2N3O3/c1-14(2)22(30)27-18-8-6-15(3)21(12-18)28-23(31)17-5-4-10-29(13-17)24(32)16-7-9-19(25)20(26)11-16/h6-9,11-12,14,17H,4-5,10,13H2,1-3H3,(H,27,30)(H,28,31). The van der Waals surface area contributed by atoms with Gasteiger partial charge in [0.15, 0.2) is 0 Å². The summed E-state index contributed by atoms with van der Waals surface area (Å²) in [5.41, 5.74) is 2.61. The first-order valence-corrected chi connectivity index (χ1v) is 11.4. The number of nitrogens with zero attached hydrogens (tertiary/aromatic N) is 1. The molecule has 0 aliphatic carbocycles. The van der Waals surface area contributed by atoms with Crippen LogP contribution in [0.15, 0.2) is 36.4 Å². The Hall–Kier alpha value is -2.57. The van der Waals surface area contributed by atoms with Crippen molar-refractivity contribution < 1.29 is 14.4 Å². The Morgan fingerprint density at radius 3 is 2.47 bits per heavy atom. The van der Waals surface area contributed by atoms with Gasteiger partial charge in [-0.15, -0.1) is 0 Å². The van der Waals surface area contributed by atoms with Gasteiger partial charge in [-0.3, -0.25) is 14.4 Å². The first kappa shape index (κ1) is 24.1. The molecule has 0 spiro atoms. The first-order chi connectivity index (χ1) is 15.2. The van der Waals surface area contributed by atoms with Crippen LogP contribution < -0.4 is 10.6 Å². The lowest BCUT2D eigenvalue weighted by atomic mass is 9.96. The van der Waals surface area contributed by atoms with Crippen molar-refractivity contribution in [1.82, 2.24) is 4.90 Å². The average Bonchev–Trinajstić information content (AvgIpc) is 2.77. The van der Waals surface area contributed by atoms with Gasteiger partial charge in [0.2, 0.25) is 11.8 Å². The number of hydrogen-bond donors (Lipinski definition) is 2. The molecule has 0 saturated carbocycles. The van der Waals surface area contributed by atoms with Crippen LogP contribution in [0.2, 0.25) is 10.0 Å². The number of hydrogen-bond acceptors (Lipinski definition) is 3. The zero-order valence-electron chi connectivity index (χ0n) is 18.4. The summed E-state index contributed by atoms with van der Waals surface area (Å²) < 4.78 is 0. The second kappa shape index (κ2) is 10.4. The number of likely N-dealkylation sites (tertiary alicyclic amines) is 1. The molecule has 8 heteroatoms. The molecule has 0 radical (unpaired) electrons. The highest BCUT2D eigenvalue weighted by Gasteiger charge is 2.29. The zero-order chi connectivity index (χ0) is 23.4. The van der Waals surface area contributed by atoms with Crippen molar-refractivity contribution in [2.45, 2.75) is 33.6 Å². The molecular formula is C24H27Cl2N3O3. The molecule has 0 aromatic heterocycles. The normalized spacial score (nSPS) is 16.1. The van der Waals surface area contributed by atoms with E-state index in [-0.39, 0.29) is 29.6 Å². The van der Waals surface area contributed by atoms with Gasteiger partial charge in [-0.05, 0) is 55.7 Å². The van der Waals surface area contributed by atoms with Crippen molar-refractivity contribution in [2.24, 2.45) is 11.8 Å². The maximum absolute atomic E-state index is 13.0. The van der Waals surface area contributed by atoms with Crippen molar-refractivity contribution in [2.75, 3.05) is 23.7 Å². The van der Waals surface area contributed by atoms with E-state index >= 15 is 0 Å². The highest BCUT2D eigenvalue weighted by Crippen LogP contribution is 2.26. The summed E-state index contributed by atoms with van der Waals surface area (Å²) >= 11 is 12.0. The van der Waals surface area contributed by atoms with Crippen LogP contribution in [-0.4, -0.2) is 35.7 Å². The van der Waals surface area contributed by atoms with E-state index in [0.29, 0.717) is 46.5 Å². The minimum Gasteiger partial charge on any atom is -0.338 e. The molecule has 3 rings (SSSR count). The predicted octanol–water partition coefficient (Wildman–Crippen LogP) is 5.39. The Morgan fingerprint density at radius 2 is 1.78 bits per heavy atom. The minimum absolute atomic E-state index is 0.0881. The molecule has 2 N–H and O–H groups in total. The lowest BCUT2D eigenvalue weighted by Gasteiger charge is -2.32. The third kappa shape index (κ3) is 5.81. The van der Waals surface area contributed by atoms with Gasteiger partial charge in [0.05, 0.1) is 16.0 Å². The molecule has 2 aromatic rings. The van der Waals surface area contributed by atoms with Gasteiger partial charge >= 0.3 is 0 Å². The van der Waals surface area contributed by atoms with E-state index < -0.39 is 0 Å². The Bertz CT molecular complexity index is 1040. The number of piperidine rings is 1. The smallest absolute Gasteiger partial charge is 0.253 e. The fraction of sp³-hybridized carbons (Fsp3) is 0.375. The monoisotopic (exact) mass is 475 g/mol. The SMILES string of the molecule is Cc1ccc(NC(=O)C(C)C)cc1NC(=O)C1CCCN(C(=O)c2ccc(Cl)c(Cl)c2)C1. The minimum atomic E-state index is -0.330. The molecule has 6 nitrogen and oxygen atoms in total. The van der Waals surface area contributed by atoms with Crippen molar-refractivity contribution in [1.29, 1.82) is 0 Å². The van der Waals surface area contributed by atoms with Crippen LogP contribution in [0.25, 0.3) is 0 Å². The van der Waals surface area contributed by atoms with E-state index in [1.165, 1.54) is 0 Å². The quantitative estimate of drug-likeness (QED) is 0.608. The summed E-state index contributed by atoms with van der Waals surface area (Å²) in [7, 11) is 0. The Kier molecular flexibility index (Phi) is 7.80. The predicted molar refractivity (Wildman–Crippen MR) is 128 cm³/mol. The van der Waals surface area contributed by atoms with Crippen LogP contribution in [0.5, 0.6) is 0 Å². The van der Waals surface area contributed by atoms with Crippen molar-refractivity contribution in [3.05, 3.63) is 57.6 Å². The van der Waals surface area contributed by atoms with Gasteiger partial charge in [0.25, 0.3) is 5.91 Å². The number of amides is 3. The van der Waals surface area contributed by atoms with Gasteiger partial charge < -0.3 is 15.5 Å². The van der Waals surface area contributed by atoms with E-state index in [1.54, 1.807) is 29.2 Å². The number of carbonyl (C=O) groups is 3. The summed E-state index contributed by atoms with van der Waals surface area (Å²) in [5.74, 6) is -0.878. The summed E-state index contributed by atoms with van der Waals surface area (Å²) in [5, 5.41) is 6.53. The third-order valence-electron chi connectivity index (χ3n) is 5.53. The highest BCUT2D eigenvalue weighted by molar-refractivity contribution is 6.42. The zero-order valence-corrected chi connectivity index (χ0v) is 19.9. The van der Waals surface area contributed by atoms with Crippen molar-refractivity contribution in [3.8, 4) is 0 Å². The van der Waals surface area contributed by atoms with E-state index in [1.807, 2.05) is 32.9 Å². The largest absolute Gasteiger partial charge is 0.338 e. The number of anilines is 2. The molecule has 0 bridgehead atoms. The van der Waals surface area contributed by atoms with Crippen molar-refractivity contribution >= 4 is 52.3 Å². The summed E-state index contributed by atoms with van der Waals surface area (Å²) in [6.45, 7) is 6.44. The van der Waals surface area contributed by atoms with Crippen LogP contribution in [0.4, 0.5) is 11.4 Å².